The molecular weight excluding hydrogens is 250 g/mol. The summed E-state index contributed by atoms with van der Waals surface area (Å²) in [7, 11) is 3.40. The van der Waals surface area contributed by atoms with Gasteiger partial charge < -0.3 is 9.64 Å². The van der Waals surface area contributed by atoms with Crippen molar-refractivity contribution in [3.63, 3.8) is 0 Å². The lowest BCUT2D eigenvalue weighted by Crippen LogP contribution is -2.18. The van der Waals surface area contributed by atoms with Crippen molar-refractivity contribution in [1.29, 1.82) is 5.26 Å². The van der Waals surface area contributed by atoms with Crippen molar-refractivity contribution in [2.75, 3.05) is 19.0 Å². The number of carbonyl (C=O) groups is 1. The number of nitrogens with zero attached hydrogens (tertiary/aromatic N) is 3. The first kappa shape index (κ1) is 14.4. The SMILES string of the molecule is C[C@H](C#N)OC(=O)c1cc([N+](=O)[O-])ccc1N(C)C. The van der Waals surface area contributed by atoms with Crippen LogP contribution < -0.4 is 4.90 Å². The topological polar surface area (TPSA) is 96.5 Å². The summed E-state index contributed by atoms with van der Waals surface area (Å²) in [5.41, 5.74) is 0.337. The quantitative estimate of drug-likeness (QED) is 0.466. The Bertz CT molecular complexity index is 548. The molecule has 7 heteroatoms. The standard InChI is InChI=1S/C12H13N3O4/c1-8(7-13)19-12(16)10-6-9(15(17)18)4-5-11(10)14(2)3/h4-6,8H,1-3H3/t8-/m1/s1. The van der Waals surface area contributed by atoms with E-state index in [0.717, 1.165) is 6.07 Å². The molecule has 0 saturated carbocycles. The predicted octanol–water partition coefficient (Wildman–Crippen LogP) is 1.73. The van der Waals surface area contributed by atoms with Gasteiger partial charge in [-0.1, -0.05) is 0 Å². The Balaban J connectivity index is 3.21. The number of nitro benzene ring substituents is 1. The van der Waals surface area contributed by atoms with Crippen LogP contribution in [0.4, 0.5) is 11.4 Å². The van der Waals surface area contributed by atoms with E-state index in [1.165, 1.54) is 19.1 Å². The van der Waals surface area contributed by atoms with Crippen LogP contribution in [0.3, 0.4) is 0 Å². The summed E-state index contributed by atoms with van der Waals surface area (Å²) in [6.07, 6.45) is -0.915. The van der Waals surface area contributed by atoms with Gasteiger partial charge in [-0.15, -0.1) is 0 Å². The average molecular weight is 263 g/mol. The molecule has 0 aliphatic rings. The number of hydrogen-bond donors (Lipinski definition) is 0. The first-order valence-corrected chi connectivity index (χ1v) is 5.43. The van der Waals surface area contributed by atoms with Crippen LogP contribution in [0.25, 0.3) is 0 Å². The number of esters is 1. The third-order valence-electron chi connectivity index (χ3n) is 2.36. The Hall–Kier alpha value is -2.62. The number of nitro groups is 1. The fraction of sp³-hybridized carbons (Fsp3) is 0.333. The summed E-state index contributed by atoms with van der Waals surface area (Å²) in [5, 5.41) is 19.3. The van der Waals surface area contributed by atoms with Crippen LogP contribution in [-0.2, 0) is 4.74 Å². The van der Waals surface area contributed by atoms with Gasteiger partial charge in [0, 0.05) is 26.2 Å². The Kier molecular flexibility index (Phi) is 4.42. The average Bonchev–Trinajstić information content (AvgIpc) is 2.37. The van der Waals surface area contributed by atoms with E-state index in [0.29, 0.717) is 5.69 Å². The van der Waals surface area contributed by atoms with E-state index in [1.54, 1.807) is 25.1 Å². The van der Waals surface area contributed by atoms with Crippen molar-refractivity contribution in [2.24, 2.45) is 0 Å². The molecule has 0 fully saturated rings. The summed E-state index contributed by atoms with van der Waals surface area (Å²) in [6.45, 7) is 1.42. The van der Waals surface area contributed by atoms with Crippen LogP contribution in [0.1, 0.15) is 17.3 Å². The predicted molar refractivity (Wildman–Crippen MR) is 67.9 cm³/mol. The van der Waals surface area contributed by atoms with Gasteiger partial charge in [-0.05, 0) is 13.0 Å². The van der Waals surface area contributed by atoms with Crippen molar-refractivity contribution in [3.05, 3.63) is 33.9 Å². The van der Waals surface area contributed by atoms with Gasteiger partial charge in [-0.3, -0.25) is 10.1 Å². The van der Waals surface area contributed by atoms with Gasteiger partial charge in [0.1, 0.15) is 6.07 Å². The lowest BCUT2D eigenvalue weighted by Gasteiger charge is -2.16. The summed E-state index contributed by atoms with van der Waals surface area (Å²) in [6, 6.07) is 5.67. The Labute approximate surface area is 110 Å². The second-order valence-corrected chi connectivity index (χ2v) is 4.03. The van der Waals surface area contributed by atoms with Gasteiger partial charge in [-0.25, -0.2) is 4.79 Å². The third kappa shape index (κ3) is 3.42. The number of carbonyl (C=O) groups excluding carboxylic acids is 1. The molecule has 0 spiro atoms. The highest BCUT2D eigenvalue weighted by atomic mass is 16.6. The molecule has 0 radical (unpaired) electrons. The summed E-state index contributed by atoms with van der Waals surface area (Å²) >= 11 is 0. The highest BCUT2D eigenvalue weighted by Crippen LogP contribution is 2.25. The zero-order valence-electron chi connectivity index (χ0n) is 10.8. The molecule has 0 saturated heterocycles. The number of non-ortho nitro benzene ring substituents is 1. The molecule has 0 aliphatic carbocycles. The maximum atomic E-state index is 11.9. The molecule has 7 nitrogen and oxygen atoms in total. The van der Waals surface area contributed by atoms with E-state index < -0.39 is 17.0 Å². The molecule has 0 heterocycles. The van der Waals surface area contributed by atoms with Crippen LogP contribution >= 0.6 is 0 Å². The molecule has 1 aromatic carbocycles. The number of ether oxygens (including phenoxy) is 1. The van der Waals surface area contributed by atoms with Gasteiger partial charge >= 0.3 is 5.97 Å². The Morgan fingerprint density at radius 3 is 2.63 bits per heavy atom. The minimum absolute atomic E-state index is 0.0568. The van der Waals surface area contributed by atoms with Crippen LogP contribution in [0.2, 0.25) is 0 Å². The van der Waals surface area contributed by atoms with Crippen LogP contribution in [0.5, 0.6) is 0 Å². The van der Waals surface area contributed by atoms with E-state index in [2.05, 4.69) is 0 Å². The van der Waals surface area contributed by atoms with Gasteiger partial charge in [0.25, 0.3) is 5.69 Å². The minimum atomic E-state index is -0.915. The number of nitriles is 1. The smallest absolute Gasteiger partial charge is 0.341 e. The summed E-state index contributed by atoms with van der Waals surface area (Å²) < 4.78 is 4.86. The molecule has 0 aliphatic heterocycles. The minimum Gasteiger partial charge on any atom is -0.444 e. The molecular formula is C12H13N3O4. The number of rotatable bonds is 4. The van der Waals surface area contributed by atoms with Crippen molar-refractivity contribution in [2.45, 2.75) is 13.0 Å². The number of benzene rings is 1. The molecule has 0 N–H and O–H groups in total. The molecule has 1 rings (SSSR count). The monoisotopic (exact) mass is 263 g/mol. The van der Waals surface area contributed by atoms with Gasteiger partial charge in [-0.2, -0.15) is 5.26 Å². The van der Waals surface area contributed by atoms with Crippen molar-refractivity contribution in [3.8, 4) is 6.07 Å². The van der Waals surface area contributed by atoms with E-state index >= 15 is 0 Å². The Morgan fingerprint density at radius 1 is 1.53 bits per heavy atom. The molecule has 0 aromatic heterocycles. The molecule has 1 atom stereocenters. The van der Waals surface area contributed by atoms with E-state index in [9.17, 15) is 14.9 Å². The second kappa shape index (κ2) is 5.82. The fourth-order valence-electron chi connectivity index (χ4n) is 1.44. The first-order valence-electron chi connectivity index (χ1n) is 5.43. The van der Waals surface area contributed by atoms with Gasteiger partial charge in [0.05, 0.1) is 16.2 Å². The molecule has 0 amide bonds. The molecule has 100 valence electrons. The van der Waals surface area contributed by atoms with Crippen molar-refractivity contribution >= 4 is 17.3 Å². The fourth-order valence-corrected chi connectivity index (χ4v) is 1.44. The van der Waals surface area contributed by atoms with Crippen LogP contribution in [0.15, 0.2) is 18.2 Å². The lowest BCUT2D eigenvalue weighted by atomic mass is 10.1. The van der Waals surface area contributed by atoms with Crippen LogP contribution in [-0.4, -0.2) is 31.1 Å². The summed E-state index contributed by atoms with van der Waals surface area (Å²) in [5.74, 6) is -0.763. The highest BCUT2D eigenvalue weighted by Gasteiger charge is 2.20. The second-order valence-electron chi connectivity index (χ2n) is 4.03. The van der Waals surface area contributed by atoms with Crippen LogP contribution in [0, 0.1) is 21.4 Å². The maximum absolute atomic E-state index is 11.9. The van der Waals surface area contributed by atoms with Gasteiger partial charge in [0.15, 0.2) is 6.10 Å². The molecule has 1 aromatic rings. The Morgan fingerprint density at radius 2 is 2.16 bits per heavy atom. The van der Waals surface area contributed by atoms with Crippen molar-refractivity contribution < 1.29 is 14.5 Å². The highest BCUT2D eigenvalue weighted by molar-refractivity contribution is 5.96. The van der Waals surface area contributed by atoms with Gasteiger partial charge in [0.2, 0.25) is 0 Å². The zero-order chi connectivity index (χ0) is 14.6. The van der Waals surface area contributed by atoms with E-state index in [4.69, 9.17) is 10.00 Å². The van der Waals surface area contributed by atoms with E-state index in [1.807, 2.05) is 0 Å². The number of anilines is 1. The lowest BCUT2D eigenvalue weighted by molar-refractivity contribution is -0.384. The van der Waals surface area contributed by atoms with E-state index in [-0.39, 0.29) is 11.3 Å². The molecule has 0 unspecified atom stereocenters. The molecule has 19 heavy (non-hydrogen) atoms. The first-order chi connectivity index (χ1) is 8.86. The molecule has 0 bridgehead atoms. The number of hydrogen-bond acceptors (Lipinski definition) is 6. The maximum Gasteiger partial charge on any atom is 0.341 e. The third-order valence-corrected chi connectivity index (χ3v) is 2.36. The largest absolute Gasteiger partial charge is 0.444 e. The zero-order valence-corrected chi connectivity index (χ0v) is 10.8. The normalized spacial score (nSPS) is 11.3. The summed E-state index contributed by atoms with van der Waals surface area (Å²) in [4.78, 5) is 23.7. The van der Waals surface area contributed by atoms with Crippen molar-refractivity contribution in [1.82, 2.24) is 0 Å².